The van der Waals surface area contributed by atoms with Gasteiger partial charge < -0.3 is 4.74 Å². The summed E-state index contributed by atoms with van der Waals surface area (Å²) in [4.78, 5) is 39.0. The number of benzene rings is 3. The average molecular weight is 450 g/mol. The van der Waals surface area contributed by atoms with Crippen molar-refractivity contribution in [1.82, 2.24) is 4.90 Å². The number of ether oxygens (including phenoxy) is 1. The van der Waals surface area contributed by atoms with Crippen LogP contribution in [0, 0.1) is 0 Å². The normalized spacial score (nSPS) is 12.8. The second-order valence-corrected chi connectivity index (χ2v) is 7.56. The summed E-state index contributed by atoms with van der Waals surface area (Å²) in [6, 6.07) is 21.2. The predicted molar refractivity (Wildman–Crippen MR) is 110 cm³/mol. The molecule has 0 atom stereocenters. The van der Waals surface area contributed by atoms with E-state index in [0.717, 1.165) is 15.6 Å². The summed E-state index contributed by atoms with van der Waals surface area (Å²) in [6.45, 7) is 0.312. The van der Waals surface area contributed by atoms with Crippen molar-refractivity contribution in [2.75, 3.05) is 0 Å². The van der Waals surface area contributed by atoms with Gasteiger partial charge in [-0.05, 0) is 41.5 Å². The van der Waals surface area contributed by atoms with Crippen LogP contribution in [-0.2, 0) is 17.9 Å². The first-order chi connectivity index (χ1) is 14.0. The van der Waals surface area contributed by atoms with E-state index < -0.39 is 11.9 Å². The van der Waals surface area contributed by atoms with Crippen LogP contribution in [0.3, 0.4) is 0 Å². The second kappa shape index (κ2) is 8.01. The number of halogens is 1. The molecule has 1 heterocycles. The molecule has 1 aliphatic heterocycles. The standard InChI is InChI=1S/C23H16BrNO4/c24-18-9-6-16(7-10-18)14-29-23(28)17-8-11-19-20(12-17)22(27)25(21(19)26)13-15-4-2-1-3-5-15/h1-12H,13-14H2. The van der Waals surface area contributed by atoms with Gasteiger partial charge in [-0.25, -0.2) is 4.79 Å². The number of fused-ring (bicyclic) bond motifs is 1. The summed E-state index contributed by atoms with van der Waals surface area (Å²) < 4.78 is 6.27. The van der Waals surface area contributed by atoms with Gasteiger partial charge in [0.25, 0.3) is 11.8 Å². The third-order valence-corrected chi connectivity index (χ3v) is 5.20. The SMILES string of the molecule is O=C(OCc1ccc(Br)cc1)c1ccc2c(c1)C(=O)N(Cc1ccccc1)C2=O. The molecule has 5 nitrogen and oxygen atoms in total. The molecule has 0 saturated heterocycles. The molecule has 4 rings (SSSR count). The number of amides is 2. The minimum Gasteiger partial charge on any atom is -0.457 e. The average Bonchev–Trinajstić information content (AvgIpc) is 2.98. The van der Waals surface area contributed by atoms with Gasteiger partial charge in [-0.2, -0.15) is 0 Å². The van der Waals surface area contributed by atoms with E-state index in [-0.39, 0.29) is 30.2 Å². The molecule has 0 aliphatic carbocycles. The molecule has 0 saturated carbocycles. The highest BCUT2D eigenvalue weighted by Crippen LogP contribution is 2.26. The van der Waals surface area contributed by atoms with Gasteiger partial charge in [-0.1, -0.05) is 58.4 Å². The molecule has 0 aromatic heterocycles. The number of hydrogen-bond donors (Lipinski definition) is 0. The first-order valence-electron chi connectivity index (χ1n) is 8.98. The lowest BCUT2D eigenvalue weighted by Gasteiger charge is -2.13. The Bertz CT molecular complexity index is 1090. The maximum atomic E-state index is 12.7. The van der Waals surface area contributed by atoms with Crippen molar-refractivity contribution in [3.8, 4) is 0 Å². The Balaban J connectivity index is 1.49. The number of esters is 1. The summed E-state index contributed by atoms with van der Waals surface area (Å²) in [7, 11) is 0. The van der Waals surface area contributed by atoms with Gasteiger partial charge in [0, 0.05) is 4.47 Å². The molecule has 29 heavy (non-hydrogen) atoms. The molecule has 144 valence electrons. The fourth-order valence-electron chi connectivity index (χ4n) is 3.14. The highest BCUT2D eigenvalue weighted by molar-refractivity contribution is 9.10. The molecule has 3 aromatic rings. The van der Waals surface area contributed by atoms with E-state index in [1.54, 1.807) is 0 Å². The number of nitrogens with zero attached hydrogens (tertiary/aromatic N) is 1. The molecule has 6 heteroatoms. The smallest absolute Gasteiger partial charge is 0.338 e. The molecular formula is C23H16BrNO4. The molecule has 0 bridgehead atoms. The highest BCUT2D eigenvalue weighted by Gasteiger charge is 2.36. The van der Waals surface area contributed by atoms with Gasteiger partial charge in [0.15, 0.2) is 0 Å². The zero-order chi connectivity index (χ0) is 20.4. The molecule has 0 radical (unpaired) electrons. The van der Waals surface area contributed by atoms with Gasteiger partial charge in [-0.3, -0.25) is 14.5 Å². The Morgan fingerprint density at radius 3 is 2.24 bits per heavy atom. The third-order valence-electron chi connectivity index (χ3n) is 4.67. The van der Waals surface area contributed by atoms with Crippen molar-refractivity contribution in [1.29, 1.82) is 0 Å². The zero-order valence-electron chi connectivity index (χ0n) is 15.3. The number of imide groups is 1. The van der Waals surface area contributed by atoms with E-state index in [1.807, 2.05) is 54.6 Å². The first kappa shape index (κ1) is 19.1. The first-order valence-corrected chi connectivity index (χ1v) is 9.78. The van der Waals surface area contributed by atoms with Crippen molar-refractivity contribution in [3.63, 3.8) is 0 Å². The maximum absolute atomic E-state index is 12.7. The van der Waals surface area contributed by atoms with Crippen molar-refractivity contribution in [2.24, 2.45) is 0 Å². The lowest BCUT2D eigenvalue weighted by molar-refractivity contribution is 0.0472. The van der Waals surface area contributed by atoms with Crippen LogP contribution in [0.5, 0.6) is 0 Å². The zero-order valence-corrected chi connectivity index (χ0v) is 16.9. The summed E-state index contributed by atoms with van der Waals surface area (Å²) in [5, 5.41) is 0. The Hall–Kier alpha value is -3.25. The van der Waals surface area contributed by atoms with Gasteiger partial charge in [0.2, 0.25) is 0 Å². The fourth-order valence-corrected chi connectivity index (χ4v) is 3.40. The fraction of sp³-hybridized carbons (Fsp3) is 0.0870. The van der Waals surface area contributed by atoms with Crippen LogP contribution in [0.4, 0.5) is 0 Å². The number of hydrogen-bond acceptors (Lipinski definition) is 4. The van der Waals surface area contributed by atoms with Crippen LogP contribution in [0.25, 0.3) is 0 Å². The number of carbonyl (C=O) groups is 3. The molecule has 2 amide bonds. The molecule has 0 N–H and O–H groups in total. The van der Waals surface area contributed by atoms with E-state index >= 15 is 0 Å². The van der Waals surface area contributed by atoms with Crippen LogP contribution in [0.2, 0.25) is 0 Å². The van der Waals surface area contributed by atoms with Crippen molar-refractivity contribution >= 4 is 33.7 Å². The molecule has 0 spiro atoms. The molecular weight excluding hydrogens is 434 g/mol. The van der Waals surface area contributed by atoms with E-state index in [0.29, 0.717) is 5.56 Å². The van der Waals surface area contributed by atoms with E-state index in [4.69, 9.17) is 4.74 Å². The quantitative estimate of drug-likeness (QED) is 0.421. The van der Waals surface area contributed by atoms with E-state index in [1.165, 1.54) is 23.1 Å². The van der Waals surface area contributed by atoms with Crippen LogP contribution < -0.4 is 0 Å². The summed E-state index contributed by atoms with van der Waals surface area (Å²) in [6.07, 6.45) is 0. The van der Waals surface area contributed by atoms with Gasteiger partial charge in [0.1, 0.15) is 6.61 Å². The van der Waals surface area contributed by atoms with Crippen molar-refractivity contribution < 1.29 is 19.1 Å². The Morgan fingerprint density at radius 1 is 0.828 bits per heavy atom. The van der Waals surface area contributed by atoms with Gasteiger partial charge in [0.05, 0.1) is 23.2 Å². The molecule has 1 aliphatic rings. The summed E-state index contributed by atoms with van der Waals surface area (Å²) in [5.41, 5.74) is 2.47. The minimum absolute atomic E-state index is 0.121. The maximum Gasteiger partial charge on any atom is 0.338 e. The lowest BCUT2D eigenvalue weighted by atomic mass is 10.1. The van der Waals surface area contributed by atoms with Crippen LogP contribution in [0.1, 0.15) is 42.2 Å². The van der Waals surface area contributed by atoms with Crippen LogP contribution in [-0.4, -0.2) is 22.7 Å². The minimum atomic E-state index is -0.544. The molecule has 0 unspecified atom stereocenters. The summed E-state index contributed by atoms with van der Waals surface area (Å²) >= 11 is 3.36. The lowest BCUT2D eigenvalue weighted by Crippen LogP contribution is -2.29. The summed E-state index contributed by atoms with van der Waals surface area (Å²) in [5.74, 6) is -1.31. The Labute approximate surface area is 176 Å². The second-order valence-electron chi connectivity index (χ2n) is 6.65. The Morgan fingerprint density at radius 2 is 1.52 bits per heavy atom. The Kier molecular flexibility index (Phi) is 5.27. The van der Waals surface area contributed by atoms with E-state index in [2.05, 4.69) is 15.9 Å². The highest BCUT2D eigenvalue weighted by atomic mass is 79.9. The number of carbonyl (C=O) groups excluding carboxylic acids is 3. The van der Waals surface area contributed by atoms with Crippen molar-refractivity contribution in [3.05, 3.63) is 105 Å². The number of rotatable bonds is 5. The topological polar surface area (TPSA) is 63.7 Å². The molecule has 0 fully saturated rings. The van der Waals surface area contributed by atoms with E-state index in [9.17, 15) is 14.4 Å². The predicted octanol–water partition coefficient (Wildman–Crippen LogP) is 4.60. The van der Waals surface area contributed by atoms with Gasteiger partial charge >= 0.3 is 5.97 Å². The van der Waals surface area contributed by atoms with Crippen LogP contribution >= 0.6 is 15.9 Å². The van der Waals surface area contributed by atoms with Crippen molar-refractivity contribution in [2.45, 2.75) is 13.2 Å². The largest absolute Gasteiger partial charge is 0.457 e. The van der Waals surface area contributed by atoms with Crippen LogP contribution in [0.15, 0.2) is 77.3 Å². The van der Waals surface area contributed by atoms with Gasteiger partial charge in [-0.15, -0.1) is 0 Å². The third kappa shape index (κ3) is 3.98. The monoisotopic (exact) mass is 449 g/mol. The molecule has 3 aromatic carbocycles.